The summed E-state index contributed by atoms with van der Waals surface area (Å²) in [6, 6.07) is 12.0. The Kier molecular flexibility index (Phi) is 5.04. The van der Waals surface area contributed by atoms with E-state index >= 15 is 0 Å². The molecule has 2 aromatic carbocycles. The van der Waals surface area contributed by atoms with Crippen molar-refractivity contribution in [2.24, 2.45) is 0 Å². The van der Waals surface area contributed by atoms with E-state index in [2.05, 4.69) is 21.2 Å². The van der Waals surface area contributed by atoms with E-state index in [0.717, 1.165) is 17.4 Å². The number of nitrogens with one attached hydrogen (secondary N) is 1. The Labute approximate surface area is 130 Å². The lowest BCUT2D eigenvalue weighted by Crippen LogP contribution is -2.11. The number of rotatable bonds is 4. The lowest BCUT2D eigenvalue weighted by molar-refractivity contribution is 0.102. The van der Waals surface area contributed by atoms with Crippen molar-refractivity contribution in [1.29, 1.82) is 0 Å². The maximum absolute atomic E-state index is 12.0. The number of carbonyl (C=O) groups excluding carboxylic acids is 1. The van der Waals surface area contributed by atoms with Crippen LogP contribution in [0.3, 0.4) is 0 Å². The van der Waals surface area contributed by atoms with Gasteiger partial charge in [-0.2, -0.15) is 0 Å². The number of carbonyl (C=O) groups is 1. The number of hydrogen-bond donors (Lipinski definition) is 2. The molecule has 0 aliphatic rings. The van der Waals surface area contributed by atoms with Gasteiger partial charge in [-0.1, -0.05) is 39.7 Å². The molecule has 20 heavy (non-hydrogen) atoms. The van der Waals surface area contributed by atoms with Crippen LogP contribution in [0, 0.1) is 0 Å². The van der Waals surface area contributed by atoms with Crippen molar-refractivity contribution < 1.29 is 9.90 Å². The third-order valence-electron chi connectivity index (χ3n) is 2.80. The monoisotopic (exact) mass is 353 g/mol. The smallest absolute Gasteiger partial charge is 0.255 e. The van der Waals surface area contributed by atoms with Gasteiger partial charge < -0.3 is 10.4 Å². The van der Waals surface area contributed by atoms with Crippen LogP contribution in [-0.2, 0) is 6.42 Å². The van der Waals surface area contributed by atoms with Gasteiger partial charge in [0, 0.05) is 16.6 Å². The van der Waals surface area contributed by atoms with Crippen molar-refractivity contribution in [2.45, 2.75) is 6.42 Å². The molecule has 0 aromatic heterocycles. The number of amides is 1. The topological polar surface area (TPSA) is 49.3 Å². The Balaban J connectivity index is 2.08. The first-order valence-corrected chi connectivity index (χ1v) is 7.55. The van der Waals surface area contributed by atoms with E-state index in [-0.39, 0.29) is 16.7 Å². The Morgan fingerprint density at radius 2 is 1.90 bits per heavy atom. The SMILES string of the molecule is O=C(Nc1ccc(CCBr)cc1)c1ccc(O)c(Cl)c1. The summed E-state index contributed by atoms with van der Waals surface area (Å²) in [5.41, 5.74) is 2.32. The fourth-order valence-electron chi connectivity index (χ4n) is 1.72. The second-order valence-corrected chi connectivity index (χ2v) is 5.46. The Morgan fingerprint density at radius 1 is 1.20 bits per heavy atom. The Morgan fingerprint density at radius 3 is 2.50 bits per heavy atom. The molecule has 0 radical (unpaired) electrons. The first-order chi connectivity index (χ1) is 9.60. The van der Waals surface area contributed by atoms with Gasteiger partial charge in [0.05, 0.1) is 5.02 Å². The number of aryl methyl sites for hydroxylation is 1. The summed E-state index contributed by atoms with van der Waals surface area (Å²) in [6.07, 6.45) is 0.946. The van der Waals surface area contributed by atoms with Crippen molar-refractivity contribution >= 4 is 39.1 Å². The summed E-state index contributed by atoms with van der Waals surface area (Å²) in [5.74, 6) is -0.303. The molecule has 0 heterocycles. The normalized spacial score (nSPS) is 10.3. The average molecular weight is 355 g/mol. The second-order valence-electron chi connectivity index (χ2n) is 4.26. The van der Waals surface area contributed by atoms with Gasteiger partial charge in [-0.15, -0.1) is 0 Å². The van der Waals surface area contributed by atoms with Gasteiger partial charge in [-0.05, 0) is 42.3 Å². The van der Waals surface area contributed by atoms with Crippen LogP contribution in [0.25, 0.3) is 0 Å². The number of alkyl halides is 1. The lowest BCUT2D eigenvalue weighted by atomic mass is 10.1. The molecule has 2 N–H and O–H groups in total. The minimum absolute atomic E-state index is 0.0395. The number of anilines is 1. The highest BCUT2D eigenvalue weighted by atomic mass is 79.9. The number of phenols is 1. The van der Waals surface area contributed by atoms with Crippen molar-refractivity contribution in [2.75, 3.05) is 10.6 Å². The lowest BCUT2D eigenvalue weighted by Gasteiger charge is -2.07. The molecule has 0 spiro atoms. The predicted molar refractivity (Wildman–Crippen MR) is 85.0 cm³/mol. The summed E-state index contributed by atoms with van der Waals surface area (Å²) in [6.45, 7) is 0. The van der Waals surface area contributed by atoms with Gasteiger partial charge in [0.25, 0.3) is 5.91 Å². The Bertz CT molecular complexity index is 614. The molecule has 2 rings (SSSR count). The summed E-state index contributed by atoms with van der Waals surface area (Å²) < 4.78 is 0. The highest BCUT2D eigenvalue weighted by Crippen LogP contribution is 2.24. The molecular weight excluding hydrogens is 342 g/mol. The molecular formula is C15H13BrClNO2. The fourth-order valence-corrected chi connectivity index (χ4v) is 2.35. The van der Waals surface area contributed by atoms with E-state index < -0.39 is 0 Å². The van der Waals surface area contributed by atoms with E-state index in [0.29, 0.717) is 5.56 Å². The molecule has 3 nitrogen and oxygen atoms in total. The van der Waals surface area contributed by atoms with E-state index in [1.54, 1.807) is 0 Å². The van der Waals surface area contributed by atoms with E-state index in [1.165, 1.54) is 23.8 Å². The maximum Gasteiger partial charge on any atom is 0.255 e. The zero-order valence-corrected chi connectivity index (χ0v) is 12.9. The van der Waals surface area contributed by atoms with Gasteiger partial charge in [-0.3, -0.25) is 4.79 Å². The molecule has 0 aliphatic heterocycles. The average Bonchev–Trinajstić information content (AvgIpc) is 2.44. The van der Waals surface area contributed by atoms with Crippen LogP contribution in [0.15, 0.2) is 42.5 Å². The maximum atomic E-state index is 12.0. The van der Waals surface area contributed by atoms with Crippen molar-refractivity contribution in [3.63, 3.8) is 0 Å². The van der Waals surface area contributed by atoms with Gasteiger partial charge >= 0.3 is 0 Å². The molecule has 0 atom stereocenters. The minimum Gasteiger partial charge on any atom is -0.506 e. The number of aromatic hydroxyl groups is 1. The van der Waals surface area contributed by atoms with Crippen LogP contribution in [-0.4, -0.2) is 16.3 Å². The molecule has 1 amide bonds. The molecule has 104 valence electrons. The number of halogens is 2. The quantitative estimate of drug-likeness (QED) is 0.807. The Hall–Kier alpha value is -1.52. The number of benzene rings is 2. The summed E-state index contributed by atoms with van der Waals surface area (Å²) in [5, 5.41) is 13.2. The first-order valence-electron chi connectivity index (χ1n) is 6.05. The summed E-state index contributed by atoms with van der Waals surface area (Å²) >= 11 is 9.17. The highest BCUT2D eigenvalue weighted by Gasteiger charge is 2.08. The zero-order chi connectivity index (χ0) is 14.5. The standard InChI is InChI=1S/C15H13BrClNO2/c16-8-7-10-1-4-12(5-2-10)18-15(20)11-3-6-14(19)13(17)9-11/h1-6,9,19H,7-8H2,(H,18,20). The number of phenolic OH excluding ortho intramolecular Hbond substituents is 1. The fraction of sp³-hybridized carbons (Fsp3) is 0.133. The second kappa shape index (κ2) is 6.77. The van der Waals surface area contributed by atoms with Gasteiger partial charge in [-0.25, -0.2) is 0 Å². The highest BCUT2D eigenvalue weighted by molar-refractivity contribution is 9.09. The van der Waals surface area contributed by atoms with E-state index in [4.69, 9.17) is 11.6 Å². The molecule has 0 fully saturated rings. The van der Waals surface area contributed by atoms with Crippen molar-refractivity contribution in [1.82, 2.24) is 0 Å². The van der Waals surface area contributed by atoms with Crippen molar-refractivity contribution in [3.8, 4) is 5.75 Å². The van der Waals surface area contributed by atoms with Crippen molar-refractivity contribution in [3.05, 3.63) is 58.6 Å². The molecule has 5 heteroatoms. The van der Waals surface area contributed by atoms with E-state index in [9.17, 15) is 9.90 Å². The molecule has 0 saturated carbocycles. The molecule has 2 aromatic rings. The van der Waals surface area contributed by atoms with Gasteiger partial charge in [0.2, 0.25) is 0 Å². The third kappa shape index (κ3) is 3.74. The number of hydrogen-bond acceptors (Lipinski definition) is 2. The predicted octanol–water partition coefficient (Wildman–Crippen LogP) is 4.24. The van der Waals surface area contributed by atoms with Crippen LogP contribution >= 0.6 is 27.5 Å². The minimum atomic E-state index is -0.264. The summed E-state index contributed by atoms with van der Waals surface area (Å²) in [4.78, 5) is 12.0. The van der Waals surface area contributed by atoms with Crippen LogP contribution in [0.1, 0.15) is 15.9 Å². The summed E-state index contributed by atoms with van der Waals surface area (Å²) in [7, 11) is 0. The van der Waals surface area contributed by atoms with Gasteiger partial charge in [0.1, 0.15) is 5.75 Å². The van der Waals surface area contributed by atoms with Gasteiger partial charge in [0.15, 0.2) is 0 Å². The van der Waals surface area contributed by atoms with Crippen LogP contribution < -0.4 is 5.32 Å². The van der Waals surface area contributed by atoms with Crippen LogP contribution in [0.4, 0.5) is 5.69 Å². The molecule has 0 bridgehead atoms. The van der Waals surface area contributed by atoms with E-state index in [1.807, 2.05) is 24.3 Å². The molecule has 0 aliphatic carbocycles. The molecule has 0 saturated heterocycles. The zero-order valence-electron chi connectivity index (χ0n) is 10.6. The largest absolute Gasteiger partial charge is 0.506 e. The molecule has 0 unspecified atom stereocenters. The first kappa shape index (κ1) is 14.9. The van der Waals surface area contributed by atoms with Crippen LogP contribution in [0.2, 0.25) is 5.02 Å². The van der Waals surface area contributed by atoms with Crippen LogP contribution in [0.5, 0.6) is 5.75 Å². The third-order valence-corrected chi connectivity index (χ3v) is 3.50.